The van der Waals surface area contributed by atoms with Gasteiger partial charge in [-0.05, 0) is 25.2 Å². The van der Waals surface area contributed by atoms with E-state index in [9.17, 15) is 13.5 Å². The number of allylic oxidation sites excluding steroid dienone is 1. The molecule has 20 heavy (non-hydrogen) atoms. The Bertz CT molecular complexity index is 380. The van der Waals surface area contributed by atoms with Crippen molar-refractivity contribution in [2.24, 2.45) is 4.99 Å². The summed E-state index contributed by atoms with van der Waals surface area (Å²) >= 11 is 0. The Morgan fingerprint density at radius 2 is 1.85 bits per heavy atom. The molecule has 0 unspecified atom stereocenters. The first kappa shape index (κ1) is 22.4. The number of nitrogens with zero attached hydrogens (tertiary/aromatic N) is 1. The maximum absolute atomic E-state index is 11.2. The third-order valence-corrected chi connectivity index (χ3v) is 3.37. The molecular weight excluding hydrogens is 289 g/mol. The van der Waals surface area contributed by atoms with E-state index >= 15 is 0 Å². The van der Waals surface area contributed by atoms with Crippen molar-refractivity contribution in [1.29, 1.82) is 0 Å². The summed E-state index contributed by atoms with van der Waals surface area (Å²) in [6.07, 6.45) is 10.2. The first-order valence-corrected chi connectivity index (χ1v) is 8.40. The van der Waals surface area contributed by atoms with Crippen molar-refractivity contribution >= 4 is 16.0 Å². The number of hydrogen-bond acceptors (Lipinski definition) is 4. The van der Waals surface area contributed by atoms with Gasteiger partial charge < -0.3 is 10.1 Å². The summed E-state index contributed by atoms with van der Waals surface area (Å²) < 4.78 is 29.3. The van der Waals surface area contributed by atoms with E-state index in [4.69, 9.17) is 4.55 Å². The Morgan fingerprint density at radius 1 is 1.20 bits per heavy atom. The van der Waals surface area contributed by atoms with Crippen molar-refractivity contribution < 1.29 is 47.6 Å². The Labute approximate surface area is 144 Å². The summed E-state index contributed by atoms with van der Waals surface area (Å²) in [7, 11) is -3.94. The van der Waals surface area contributed by atoms with Crippen LogP contribution in [0.1, 0.15) is 51.9 Å². The topological polar surface area (TPSA) is 89.8 Å². The molecule has 0 aliphatic heterocycles. The first-order valence-electron chi connectivity index (χ1n) is 6.79. The van der Waals surface area contributed by atoms with Gasteiger partial charge in [-0.3, -0.25) is 4.55 Å². The molecule has 0 radical (unpaired) electrons. The standard InChI is InChI=1S/C13H25NO4S.Na/c1-2-3-4-5-6-7-8-10-13(15)14-11-9-12-19(16,17)18;/h8,10H,2-7,9,11-12H2,1H3,(H,14,15)(H,16,17,18);/q;+1/p-1/b10-8+;. The first-order chi connectivity index (χ1) is 8.95. The van der Waals surface area contributed by atoms with Crippen molar-refractivity contribution in [3.05, 3.63) is 12.2 Å². The molecule has 0 fully saturated rings. The predicted molar refractivity (Wildman–Crippen MR) is 75.9 cm³/mol. The predicted octanol–water partition coefficient (Wildman–Crippen LogP) is -1.06. The SMILES string of the molecule is CCCCCCC/C=C/C([O-])=NCCCS(=O)(=O)O.[Na+]. The van der Waals surface area contributed by atoms with Gasteiger partial charge in [-0.15, -0.1) is 0 Å². The van der Waals surface area contributed by atoms with Gasteiger partial charge in [0.15, 0.2) is 0 Å². The van der Waals surface area contributed by atoms with Gasteiger partial charge >= 0.3 is 29.6 Å². The summed E-state index contributed by atoms with van der Waals surface area (Å²) in [6.45, 7) is 2.29. The average Bonchev–Trinajstić information content (AvgIpc) is 2.32. The number of rotatable bonds is 11. The fourth-order valence-electron chi connectivity index (χ4n) is 1.54. The Balaban J connectivity index is 0. The van der Waals surface area contributed by atoms with Crippen LogP contribution in [0.15, 0.2) is 17.1 Å². The molecule has 0 saturated carbocycles. The Morgan fingerprint density at radius 3 is 2.45 bits per heavy atom. The molecule has 7 heteroatoms. The summed E-state index contributed by atoms with van der Waals surface area (Å²) in [5.74, 6) is -0.700. The van der Waals surface area contributed by atoms with Crippen LogP contribution in [0.2, 0.25) is 0 Å². The molecule has 0 atom stereocenters. The van der Waals surface area contributed by atoms with Crippen molar-refractivity contribution in [1.82, 2.24) is 0 Å². The zero-order valence-electron chi connectivity index (χ0n) is 12.5. The second kappa shape index (κ2) is 14.1. The van der Waals surface area contributed by atoms with E-state index in [1.807, 2.05) is 0 Å². The minimum absolute atomic E-state index is 0. The van der Waals surface area contributed by atoms with Crippen LogP contribution in [0, 0.1) is 0 Å². The Kier molecular flexibility index (Phi) is 15.8. The minimum atomic E-state index is -3.94. The molecule has 0 saturated heterocycles. The third kappa shape index (κ3) is 18.1. The molecule has 0 heterocycles. The molecule has 0 amide bonds. The fraction of sp³-hybridized carbons (Fsp3) is 0.769. The zero-order chi connectivity index (χ0) is 14.6. The number of hydrogen-bond donors (Lipinski definition) is 1. The molecule has 5 nitrogen and oxygen atoms in total. The summed E-state index contributed by atoms with van der Waals surface area (Å²) in [4.78, 5) is 3.67. The molecule has 0 spiro atoms. The summed E-state index contributed by atoms with van der Waals surface area (Å²) in [6, 6.07) is 0. The van der Waals surface area contributed by atoms with Crippen LogP contribution < -0.4 is 34.7 Å². The van der Waals surface area contributed by atoms with Gasteiger partial charge in [0.05, 0.1) is 5.75 Å². The van der Waals surface area contributed by atoms with Crippen molar-refractivity contribution in [2.45, 2.75) is 51.9 Å². The van der Waals surface area contributed by atoms with E-state index in [0.717, 1.165) is 12.8 Å². The molecule has 1 N–H and O–H groups in total. The van der Waals surface area contributed by atoms with Gasteiger partial charge in [-0.25, -0.2) is 0 Å². The number of aliphatic imine (C=N–C) groups is 1. The van der Waals surface area contributed by atoms with E-state index in [1.54, 1.807) is 6.08 Å². The van der Waals surface area contributed by atoms with Crippen LogP contribution in [-0.2, 0) is 10.1 Å². The average molecular weight is 313 g/mol. The minimum Gasteiger partial charge on any atom is -0.859 e. The molecule has 0 rings (SSSR count). The maximum atomic E-state index is 11.2. The van der Waals surface area contributed by atoms with E-state index in [1.165, 1.54) is 31.8 Å². The van der Waals surface area contributed by atoms with Crippen LogP contribution >= 0.6 is 0 Å². The monoisotopic (exact) mass is 313 g/mol. The van der Waals surface area contributed by atoms with Crippen molar-refractivity contribution in [3.63, 3.8) is 0 Å². The smallest absolute Gasteiger partial charge is 0.859 e. The van der Waals surface area contributed by atoms with Crippen LogP contribution in [0.4, 0.5) is 0 Å². The van der Waals surface area contributed by atoms with Gasteiger partial charge in [-0.1, -0.05) is 44.8 Å². The maximum Gasteiger partial charge on any atom is 1.00 e. The fourth-order valence-corrected chi connectivity index (χ4v) is 2.03. The Hall–Kier alpha value is 0.120. The van der Waals surface area contributed by atoms with Crippen LogP contribution in [-0.4, -0.2) is 31.2 Å². The van der Waals surface area contributed by atoms with E-state index in [2.05, 4.69) is 11.9 Å². The van der Waals surface area contributed by atoms with Crippen molar-refractivity contribution in [3.8, 4) is 0 Å². The summed E-state index contributed by atoms with van der Waals surface area (Å²) in [5, 5.41) is 11.2. The van der Waals surface area contributed by atoms with E-state index in [-0.39, 0.29) is 54.2 Å². The number of unbranched alkanes of at least 4 members (excludes halogenated alkanes) is 5. The van der Waals surface area contributed by atoms with E-state index in [0.29, 0.717) is 0 Å². The van der Waals surface area contributed by atoms with Gasteiger partial charge in [0.1, 0.15) is 0 Å². The second-order valence-electron chi connectivity index (χ2n) is 4.46. The van der Waals surface area contributed by atoms with Crippen LogP contribution in [0.3, 0.4) is 0 Å². The largest absolute Gasteiger partial charge is 1.00 e. The third-order valence-electron chi connectivity index (χ3n) is 2.56. The molecule has 0 aromatic rings. The molecule has 0 bridgehead atoms. The van der Waals surface area contributed by atoms with Gasteiger partial charge in [0, 0.05) is 6.54 Å². The summed E-state index contributed by atoms with van der Waals surface area (Å²) in [5.41, 5.74) is 0. The van der Waals surface area contributed by atoms with Crippen LogP contribution in [0.5, 0.6) is 0 Å². The zero-order valence-corrected chi connectivity index (χ0v) is 15.4. The molecule has 0 aromatic heterocycles. The van der Waals surface area contributed by atoms with Gasteiger partial charge in [-0.2, -0.15) is 8.42 Å². The van der Waals surface area contributed by atoms with Crippen LogP contribution in [0.25, 0.3) is 0 Å². The second-order valence-corrected chi connectivity index (χ2v) is 6.04. The normalized spacial score (nSPS) is 12.6. The molecule has 0 aliphatic rings. The van der Waals surface area contributed by atoms with Crippen molar-refractivity contribution in [2.75, 3.05) is 12.3 Å². The molecule has 0 aromatic carbocycles. The molecular formula is C13H24NNaO4S. The molecule has 112 valence electrons. The quantitative estimate of drug-likeness (QED) is 0.173. The van der Waals surface area contributed by atoms with Gasteiger partial charge in [0.25, 0.3) is 10.1 Å². The molecule has 0 aliphatic carbocycles. The van der Waals surface area contributed by atoms with E-state index < -0.39 is 10.1 Å². The van der Waals surface area contributed by atoms with Gasteiger partial charge in [0.2, 0.25) is 0 Å².